The maximum absolute atomic E-state index is 10.9. The van der Waals surface area contributed by atoms with Gasteiger partial charge in [0.2, 0.25) is 5.78 Å². The Labute approximate surface area is 71.1 Å². The maximum Gasteiger partial charge on any atom is 0.425 e. The molecule has 7 heteroatoms. The molecule has 0 radical (unpaired) electrons. The Balaban J connectivity index is 2.40. The van der Waals surface area contributed by atoms with Crippen LogP contribution < -0.4 is 0 Å². The van der Waals surface area contributed by atoms with Gasteiger partial charge in [0, 0.05) is 0 Å². The summed E-state index contributed by atoms with van der Waals surface area (Å²) in [6, 6.07) is -0.314. The van der Waals surface area contributed by atoms with Crippen molar-refractivity contribution < 1.29 is 23.9 Å². The Morgan fingerprint density at radius 1 is 1.08 bits per heavy atom. The van der Waals surface area contributed by atoms with Gasteiger partial charge in [0.1, 0.15) is 6.54 Å². The number of ether oxygens (including phenoxy) is 2. The highest BCUT2D eigenvalue weighted by molar-refractivity contribution is 6.46. The second-order valence-electron chi connectivity index (χ2n) is 2.22. The maximum atomic E-state index is 10.9. The lowest BCUT2D eigenvalue weighted by atomic mass is 10.4. The number of carbonyl (C=O) groups excluding carboxylic acids is 3. The number of esters is 2. The zero-order valence-electron chi connectivity index (χ0n) is 6.14. The normalized spacial score (nSPS) is 21.1. The van der Waals surface area contributed by atoms with Crippen molar-refractivity contribution in [3.63, 3.8) is 0 Å². The molecule has 0 saturated heterocycles. The first kappa shape index (κ1) is 7.59. The van der Waals surface area contributed by atoms with E-state index in [0.29, 0.717) is 0 Å². The largest absolute Gasteiger partial charge is 0.425 e. The van der Waals surface area contributed by atoms with Gasteiger partial charge in [-0.05, 0) is 0 Å². The molecule has 0 N–H and O–H groups in total. The van der Waals surface area contributed by atoms with Crippen LogP contribution in [0.3, 0.4) is 0 Å². The first-order valence-electron chi connectivity index (χ1n) is 3.27. The molecule has 0 aromatic heterocycles. The average molecular weight is 182 g/mol. The molecule has 0 saturated carbocycles. The summed E-state index contributed by atoms with van der Waals surface area (Å²) >= 11 is 0. The van der Waals surface area contributed by atoms with Crippen LogP contribution in [0.1, 0.15) is 0 Å². The van der Waals surface area contributed by atoms with Gasteiger partial charge in [0.15, 0.2) is 0 Å². The molecule has 0 aromatic carbocycles. The van der Waals surface area contributed by atoms with E-state index in [4.69, 9.17) is 0 Å². The lowest BCUT2D eigenvalue weighted by Crippen LogP contribution is -2.26. The fraction of sp³-hybridized carbons (Fsp3) is 0.167. The Bertz CT molecular complexity index is 380. The molecule has 0 spiro atoms. The summed E-state index contributed by atoms with van der Waals surface area (Å²) in [5.74, 6) is -3.50. The van der Waals surface area contributed by atoms with E-state index in [2.05, 4.69) is 19.5 Å². The molecule has 2 aliphatic rings. The number of aliphatic imine (C=N–C) groups is 2. The minimum Gasteiger partial charge on any atom is -0.395 e. The zero-order chi connectivity index (χ0) is 9.42. The molecule has 0 fully saturated rings. The number of hydrogen-bond acceptors (Lipinski definition) is 7. The molecule has 2 bridgehead atoms. The van der Waals surface area contributed by atoms with Crippen molar-refractivity contribution in [2.24, 2.45) is 9.98 Å². The summed E-state index contributed by atoms with van der Waals surface area (Å²) in [5, 5.41) is 0. The van der Waals surface area contributed by atoms with Crippen molar-refractivity contribution in [2.75, 3.05) is 6.54 Å². The molecular formula is C6H2N2O5. The van der Waals surface area contributed by atoms with Crippen LogP contribution in [-0.4, -0.2) is 36.2 Å². The summed E-state index contributed by atoms with van der Waals surface area (Å²) in [5.41, 5.74) is 0. The van der Waals surface area contributed by atoms with E-state index in [1.807, 2.05) is 0 Å². The van der Waals surface area contributed by atoms with Gasteiger partial charge in [0.05, 0.1) is 0 Å². The van der Waals surface area contributed by atoms with Crippen LogP contribution in [-0.2, 0) is 23.9 Å². The number of amidine groups is 1. The molecule has 0 atom stereocenters. The van der Waals surface area contributed by atoms with Gasteiger partial charge in [-0.2, -0.15) is 4.99 Å². The first-order chi connectivity index (χ1) is 6.16. The molecule has 7 nitrogen and oxygen atoms in total. The molecular weight excluding hydrogens is 180 g/mol. The van der Waals surface area contributed by atoms with E-state index in [9.17, 15) is 14.4 Å². The third-order valence-electron chi connectivity index (χ3n) is 1.33. The van der Waals surface area contributed by atoms with Crippen LogP contribution in [0.15, 0.2) is 9.98 Å². The highest BCUT2D eigenvalue weighted by Crippen LogP contribution is 2.04. The Morgan fingerprint density at radius 2 is 1.77 bits per heavy atom. The molecule has 0 aromatic rings. The van der Waals surface area contributed by atoms with E-state index in [-0.39, 0.29) is 12.6 Å². The predicted octanol–water partition coefficient (Wildman–Crippen LogP) is -1.58. The molecule has 66 valence electrons. The van der Waals surface area contributed by atoms with Crippen LogP contribution in [0.4, 0.5) is 0 Å². The molecule has 0 unspecified atom stereocenters. The Morgan fingerprint density at radius 3 is 2.54 bits per heavy atom. The van der Waals surface area contributed by atoms with Crippen molar-refractivity contribution in [1.82, 2.24) is 0 Å². The van der Waals surface area contributed by atoms with Crippen molar-refractivity contribution in [3.8, 4) is 0 Å². The van der Waals surface area contributed by atoms with Gasteiger partial charge in [0.25, 0.3) is 5.90 Å². The fourth-order valence-corrected chi connectivity index (χ4v) is 0.781. The highest BCUT2D eigenvalue weighted by Gasteiger charge is 2.32. The number of carbonyl (C=O) groups is 3. The van der Waals surface area contributed by atoms with Gasteiger partial charge < -0.3 is 9.47 Å². The first-order valence-corrected chi connectivity index (χ1v) is 3.27. The van der Waals surface area contributed by atoms with Crippen molar-refractivity contribution >= 4 is 29.6 Å². The summed E-state index contributed by atoms with van der Waals surface area (Å²) in [7, 11) is 0. The smallest absolute Gasteiger partial charge is 0.395 e. The van der Waals surface area contributed by atoms with Crippen LogP contribution in [0.5, 0.6) is 0 Å². The molecule has 2 heterocycles. The van der Waals surface area contributed by atoms with Crippen molar-refractivity contribution in [1.29, 1.82) is 0 Å². The number of nitrogens with zero attached hydrogens (tertiary/aromatic N) is 2. The average Bonchev–Trinajstić information content (AvgIpc) is 2.20. The third-order valence-corrected chi connectivity index (χ3v) is 1.33. The minimum atomic E-state index is -1.26. The quantitative estimate of drug-likeness (QED) is 0.333. The number of rotatable bonds is 0. The summed E-state index contributed by atoms with van der Waals surface area (Å²) < 4.78 is 8.65. The van der Waals surface area contributed by atoms with Gasteiger partial charge in [-0.3, -0.25) is 4.79 Å². The fourth-order valence-electron chi connectivity index (χ4n) is 0.781. The predicted molar refractivity (Wildman–Crippen MR) is 36.9 cm³/mol. The molecule has 0 amide bonds. The van der Waals surface area contributed by atoms with E-state index in [1.54, 1.807) is 0 Å². The Hall–Kier alpha value is -2.05. The molecule has 2 aliphatic heterocycles. The number of Topliss-reactive ketones (excluding diaryl/α,β-unsaturated/α-hetero) is 1. The van der Waals surface area contributed by atoms with E-state index in [1.165, 1.54) is 0 Å². The second kappa shape index (κ2) is 2.47. The lowest BCUT2D eigenvalue weighted by molar-refractivity contribution is -0.157. The molecule has 0 aliphatic carbocycles. The minimum absolute atomic E-state index is 0.227. The Kier molecular flexibility index (Phi) is 1.44. The topological polar surface area (TPSA) is 94.4 Å². The standard InChI is InChI=1S/C6H2N2O5/c9-2-1-7-6-8-3(2)12-4(10)5(11)13-6/h1H2. The summed E-state index contributed by atoms with van der Waals surface area (Å²) in [6.07, 6.45) is 0. The molecule has 13 heavy (non-hydrogen) atoms. The summed E-state index contributed by atoms with van der Waals surface area (Å²) in [4.78, 5) is 39.2. The van der Waals surface area contributed by atoms with Crippen LogP contribution in [0, 0.1) is 0 Å². The van der Waals surface area contributed by atoms with Gasteiger partial charge in [-0.15, -0.1) is 0 Å². The number of fused-ring (bicyclic) bond motifs is 1. The van der Waals surface area contributed by atoms with E-state index >= 15 is 0 Å². The zero-order valence-corrected chi connectivity index (χ0v) is 6.14. The van der Waals surface area contributed by atoms with E-state index < -0.39 is 23.6 Å². The van der Waals surface area contributed by atoms with Crippen LogP contribution in [0.25, 0.3) is 0 Å². The molecule has 2 rings (SSSR count). The summed E-state index contributed by atoms with van der Waals surface area (Å²) in [6.45, 7) is -0.227. The van der Waals surface area contributed by atoms with Gasteiger partial charge >= 0.3 is 18.0 Å². The van der Waals surface area contributed by atoms with Gasteiger partial charge in [-0.1, -0.05) is 0 Å². The van der Waals surface area contributed by atoms with Crippen molar-refractivity contribution in [3.05, 3.63) is 0 Å². The van der Waals surface area contributed by atoms with Crippen LogP contribution >= 0.6 is 0 Å². The van der Waals surface area contributed by atoms with Gasteiger partial charge in [-0.25, -0.2) is 14.6 Å². The second-order valence-corrected chi connectivity index (χ2v) is 2.22. The third kappa shape index (κ3) is 1.19. The van der Waals surface area contributed by atoms with Crippen LogP contribution in [0.2, 0.25) is 0 Å². The lowest BCUT2D eigenvalue weighted by Gasteiger charge is -2.02. The van der Waals surface area contributed by atoms with E-state index in [0.717, 1.165) is 0 Å². The highest BCUT2D eigenvalue weighted by atomic mass is 16.6. The van der Waals surface area contributed by atoms with Crippen molar-refractivity contribution in [2.45, 2.75) is 0 Å². The number of ketones is 1. The number of hydrogen-bond donors (Lipinski definition) is 0. The SMILES string of the molecule is O=C1CN=C2N=C1OC(=O)C(=O)O2. The monoisotopic (exact) mass is 182 g/mol.